The molecule has 0 aromatic carbocycles. The highest BCUT2D eigenvalue weighted by molar-refractivity contribution is 7.99. The average molecular weight is 366 g/mol. The van der Waals surface area contributed by atoms with Crippen molar-refractivity contribution in [1.29, 1.82) is 5.26 Å². The fourth-order valence-electron chi connectivity index (χ4n) is 1.85. The number of halogens is 1. The number of thioether (sulfide) groups is 1. The Kier molecular flexibility index (Phi) is 8.07. The maximum atomic E-state index is 12.5. The highest BCUT2D eigenvalue weighted by Gasteiger charge is 2.26. The zero-order valence-electron chi connectivity index (χ0n) is 13.8. The minimum absolute atomic E-state index is 0.219. The Hall–Kier alpha value is -1.73. The Bertz CT molecular complexity index is 659. The molecular formula is C17H20ClN3O2S. The third-order valence-corrected chi connectivity index (χ3v) is 4.16. The van der Waals surface area contributed by atoms with Gasteiger partial charge < -0.3 is 10.4 Å². The molecule has 128 valence electrons. The third kappa shape index (κ3) is 6.80. The molecule has 1 amide bonds. The number of nitrogens with one attached hydrogen (secondary N) is 1. The molecule has 0 spiro atoms. The van der Waals surface area contributed by atoms with E-state index >= 15 is 0 Å². The molecule has 2 unspecified atom stereocenters. The Morgan fingerprint density at radius 1 is 1.54 bits per heavy atom. The van der Waals surface area contributed by atoms with Crippen LogP contribution in [0.4, 0.5) is 0 Å². The molecule has 2 atom stereocenters. The molecule has 24 heavy (non-hydrogen) atoms. The van der Waals surface area contributed by atoms with Gasteiger partial charge in [0.2, 0.25) is 5.91 Å². The second-order valence-corrected chi connectivity index (χ2v) is 6.99. The van der Waals surface area contributed by atoms with E-state index in [0.717, 1.165) is 0 Å². The Morgan fingerprint density at radius 3 is 2.79 bits per heavy atom. The van der Waals surface area contributed by atoms with Crippen LogP contribution in [0, 0.1) is 23.2 Å². The van der Waals surface area contributed by atoms with Crippen molar-refractivity contribution in [1.82, 2.24) is 10.3 Å². The predicted molar refractivity (Wildman–Crippen MR) is 96.4 cm³/mol. The van der Waals surface area contributed by atoms with E-state index in [1.54, 1.807) is 26.0 Å². The zero-order valence-corrected chi connectivity index (χ0v) is 15.4. The maximum absolute atomic E-state index is 12.5. The molecule has 0 saturated heterocycles. The summed E-state index contributed by atoms with van der Waals surface area (Å²) in [7, 11) is 0. The standard InChI is InChI=1S/C17H20ClN3O2S/c1-17(2,9-8-13(22)5-4-10-19)21-16(23)15(24-3)14-7-6-12(18)11-20-14/h6-7,11,13,15,22H,4-5H2,1-3H3,(H,21,23). The number of nitriles is 1. The number of aliphatic hydroxyl groups excluding tert-OH is 1. The smallest absolute Gasteiger partial charge is 0.240 e. The SMILES string of the molecule is CSC(C(=O)NC(C)(C)C#CC(O)CCC#N)c1ccc(Cl)cn1. The fraction of sp³-hybridized carbons (Fsp3) is 0.471. The Morgan fingerprint density at radius 2 is 2.25 bits per heavy atom. The highest BCUT2D eigenvalue weighted by Crippen LogP contribution is 2.26. The first-order chi connectivity index (χ1) is 11.3. The first-order valence-corrected chi connectivity index (χ1v) is 8.99. The molecular weight excluding hydrogens is 346 g/mol. The lowest BCUT2D eigenvalue weighted by Gasteiger charge is -2.23. The van der Waals surface area contributed by atoms with Crippen LogP contribution in [0.1, 0.15) is 37.6 Å². The average Bonchev–Trinajstić information content (AvgIpc) is 2.53. The molecule has 0 fully saturated rings. The summed E-state index contributed by atoms with van der Waals surface area (Å²) in [5.74, 6) is 5.29. The number of hydrogen-bond donors (Lipinski definition) is 2. The summed E-state index contributed by atoms with van der Waals surface area (Å²) in [5, 5.41) is 21.0. The van der Waals surface area contributed by atoms with Gasteiger partial charge in [-0.25, -0.2) is 0 Å². The molecule has 0 bridgehead atoms. The van der Waals surface area contributed by atoms with Gasteiger partial charge in [-0.1, -0.05) is 23.4 Å². The van der Waals surface area contributed by atoms with E-state index in [-0.39, 0.29) is 18.7 Å². The van der Waals surface area contributed by atoms with Crippen LogP contribution in [0.25, 0.3) is 0 Å². The van der Waals surface area contributed by atoms with E-state index in [2.05, 4.69) is 22.1 Å². The summed E-state index contributed by atoms with van der Waals surface area (Å²) < 4.78 is 0. The molecule has 1 aromatic rings. The third-order valence-electron chi connectivity index (χ3n) is 3.01. The van der Waals surface area contributed by atoms with Gasteiger partial charge in [0.25, 0.3) is 0 Å². The largest absolute Gasteiger partial charge is 0.380 e. The van der Waals surface area contributed by atoms with Gasteiger partial charge in [-0.3, -0.25) is 9.78 Å². The molecule has 1 heterocycles. The van der Waals surface area contributed by atoms with E-state index in [1.165, 1.54) is 18.0 Å². The van der Waals surface area contributed by atoms with Crippen LogP contribution in [-0.4, -0.2) is 33.9 Å². The Labute approximate surface area is 151 Å². The number of aromatic nitrogens is 1. The van der Waals surface area contributed by atoms with E-state index in [0.29, 0.717) is 10.7 Å². The van der Waals surface area contributed by atoms with Crippen LogP contribution in [0.2, 0.25) is 5.02 Å². The van der Waals surface area contributed by atoms with Crippen molar-refractivity contribution >= 4 is 29.3 Å². The monoisotopic (exact) mass is 365 g/mol. The minimum atomic E-state index is -0.880. The topological polar surface area (TPSA) is 86.0 Å². The van der Waals surface area contributed by atoms with Gasteiger partial charge in [0, 0.05) is 12.6 Å². The molecule has 0 aliphatic carbocycles. The van der Waals surface area contributed by atoms with Gasteiger partial charge in [0.15, 0.2) is 0 Å². The molecule has 5 nitrogen and oxygen atoms in total. The molecule has 0 saturated carbocycles. The van der Waals surface area contributed by atoms with Gasteiger partial charge in [-0.05, 0) is 38.7 Å². The number of nitrogens with zero attached hydrogens (tertiary/aromatic N) is 2. The van der Waals surface area contributed by atoms with Crippen LogP contribution in [0.3, 0.4) is 0 Å². The molecule has 0 aliphatic rings. The van der Waals surface area contributed by atoms with E-state index in [1.807, 2.05) is 12.3 Å². The van der Waals surface area contributed by atoms with Crippen LogP contribution in [0.15, 0.2) is 18.3 Å². The second-order valence-electron chi connectivity index (χ2n) is 5.61. The predicted octanol–water partition coefficient (Wildman–Crippen LogP) is 2.70. The molecule has 2 N–H and O–H groups in total. The number of hydrogen-bond acceptors (Lipinski definition) is 5. The van der Waals surface area contributed by atoms with Crippen LogP contribution in [0.5, 0.6) is 0 Å². The van der Waals surface area contributed by atoms with Crippen molar-refractivity contribution in [3.8, 4) is 17.9 Å². The van der Waals surface area contributed by atoms with E-state index in [9.17, 15) is 9.90 Å². The summed E-state index contributed by atoms with van der Waals surface area (Å²) in [5.41, 5.74) is -0.201. The quantitative estimate of drug-likeness (QED) is 0.757. The van der Waals surface area contributed by atoms with Gasteiger partial charge >= 0.3 is 0 Å². The van der Waals surface area contributed by atoms with E-state index in [4.69, 9.17) is 16.9 Å². The molecule has 1 aromatic heterocycles. The Balaban J connectivity index is 2.78. The minimum Gasteiger partial charge on any atom is -0.380 e. The lowest BCUT2D eigenvalue weighted by Crippen LogP contribution is -2.44. The number of amides is 1. The van der Waals surface area contributed by atoms with Crippen LogP contribution >= 0.6 is 23.4 Å². The van der Waals surface area contributed by atoms with Crippen molar-refractivity contribution in [2.75, 3.05) is 6.26 Å². The maximum Gasteiger partial charge on any atom is 0.240 e. The normalized spacial score (nSPS) is 13.2. The number of rotatable bonds is 6. The van der Waals surface area contributed by atoms with Crippen molar-refractivity contribution in [2.24, 2.45) is 0 Å². The number of pyridine rings is 1. The lowest BCUT2D eigenvalue weighted by atomic mass is 10.0. The molecule has 7 heteroatoms. The summed E-state index contributed by atoms with van der Waals surface area (Å²) >= 11 is 7.18. The summed E-state index contributed by atoms with van der Waals surface area (Å²) in [6.07, 6.45) is 2.97. The number of carbonyl (C=O) groups is 1. The van der Waals surface area contributed by atoms with Gasteiger partial charge in [-0.2, -0.15) is 5.26 Å². The second kappa shape index (κ2) is 9.54. The van der Waals surface area contributed by atoms with Gasteiger partial charge in [0.05, 0.1) is 22.3 Å². The summed E-state index contributed by atoms with van der Waals surface area (Å²) in [4.78, 5) is 16.7. The van der Waals surface area contributed by atoms with E-state index < -0.39 is 16.9 Å². The molecule has 0 aliphatic heterocycles. The van der Waals surface area contributed by atoms with Crippen LogP contribution in [-0.2, 0) is 4.79 Å². The van der Waals surface area contributed by atoms with Crippen molar-refractivity contribution in [3.63, 3.8) is 0 Å². The highest BCUT2D eigenvalue weighted by atomic mass is 35.5. The summed E-state index contributed by atoms with van der Waals surface area (Å²) in [6, 6.07) is 5.36. The molecule has 0 radical (unpaired) electrons. The fourth-order valence-corrected chi connectivity index (χ4v) is 2.61. The zero-order chi connectivity index (χ0) is 18.2. The first-order valence-electron chi connectivity index (χ1n) is 7.33. The first kappa shape index (κ1) is 20.3. The van der Waals surface area contributed by atoms with Gasteiger partial charge in [0.1, 0.15) is 11.4 Å². The summed E-state index contributed by atoms with van der Waals surface area (Å²) in [6.45, 7) is 3.50. The van der Waals surface area contributed by atoms with Crippen molar-refractivity contribution in [2.45, 2.75) is 43.6 Å². The van der Waals surface area contributed by atoms with Gasteiger partial charge in [-0.15, -0.1) is 11.8 Å². The van der Waals surface area contributed by atoms with Crippen molar-refractivity contribution < 1.29 is 9.90 Å². The van der Waals surface area contributed by atoms with Crippen LogP contribution < -0.4 is 5.32 Å². The lowest BCUT2D eigenvalue weighted by molar-refractivity contribution is -0.121. The number of carbonyl (C=O) groups excluding carboxylic acids is 1. The molecule has 1 rings (SSSR count). The number of aliphatic hydroxyl groups is 1. The van der Waals surface area contributed by atoms with Crippen molar-refractivity contribution in [3.05, 3.63) is 29.0 Å².